The number of nitrogens with two attached hydrogens (primary N) is 1. The molecule has 11 nitrogen and oxygen atoms in total. The number of aromatic nitrogens is 3. The van der Waals surface area contributed by atoms with Crippen molar-refractivity contribution < 1.29 is 32.4 Å². The molecule has 192 valence electrons. The van der Waals surface area contributed by atoms with E-state index in [2.05, 4.69) is 15.4 Å². The van der Waals surface area contributed by atoms with Crippen LogP contribution in [0.2, 0.25) is 0 Å². The fraction of sp³-hybridized carbons (Fsp3) is 0.182. The second kappa shape index (κ2) is 9.50. The largest absolute Gasteiger partial charge is 0.475 e. The normalized spacial score (nSPS) is 12.4. The predicted octanol–water partition coefficient (Wildman–Crippen LogP) is 4.39. The zero-order valence-electron chi connectivity index (χ0n) is 19.1. The van der Waals surface area contributed by atoms with Crippen molar-refractivity contribution in [2.75, 3.05) is 12.4 Å². The molecule has 1 unspecified atom stereocenters. The van der Waals surface area contributed by atoms with E-state index in [1.807, 2.05) is 0 Å². The van der Waals surface area contributed by atoms with Crippen LogP contribution in [-0.4, -0.2) is 38.6 Å². The molecular weight excluding hydrogens is 517 g/mol. The molecule has 3 aromatic heterocycles. The Bertz CT molecular complexity index is 1530. The van der Waals surface area contributed by atoms with Gasteiger partial charge in [-0.2, -0.15) is 13.2 Å². The first-order chi connectivity index (χ1) is 17.4. The predicted molar refractivity (Wildman–Crippen MR) is 127 cm³/mol. The smallest absolute Gasteiger partial charge is 0.433 e. The molecule has 0 saturated heterocycles. The Kier molecular flexibility index (Phi) is 6.56. The number of thiophene rings is 1. The first-order valence-corrected chi connectivity index (χ1v) is 11.2. The van der Waals surface area contributed by atoms with Crippen molar-refractivity contribution in [3.8, 4) is 17.0 Å². The second-order valence-electron chi connectivity index (χ2n) is 7.70. The Balaban J connectivity index is 1.87. The highest BCUT2D eigenvalue weighted by Crippen LogP contribution is 2.43. The van der Waals surface area contributed by atoms with Crippen molar-refractivity contribution in [1.82, 2.24) is 14.8 Å². The number of amides is 2. The molecule has 15 heteroatoms. The van der Waals surface area contributed by atoms with Crippen LogP contribution in [0.25, 0.3) is 21.3 Å². The van der Waals surface area contributed by atoms with Gasteiger partial charge in [-0.15, -0.1) is 16.4 Å². The van der Waals surface area contributed by atoms with Crippen LogP contribution in [-0.2, 0) is 11.0 Å². The molecule has 3 N–H and O–H groups in total. The summed E-state index contributed by atoms with van der Waals surface area (Å²) in [4.78, 5) is 39.1. The van der Waals surface area contributed by atoms with E-state index in [1.54, 1.807) is 30.3 Å². The van der Waals surface area contributed by atoms with Gasteiger partial charge in [0.2, 0.25) is 5.91 Å². The van der Waals surface area contributed by atoms with Gasteiger partial charge in [0.1, 0.15) is 27.6 Å². The van der Waals surface area contributed by atoms with Crippen molar-refractivity contribution in [3.05, 3.63) is 63.3 Å². The maximum absolute atomic E-state index is 13.6. The molecule has 0 spiro atoms. The van der Waals surface area contributed by atoms with Gasteiger partial charge >= 0.3 is 17.7 Å². The maximum Gasteiger partial charge on any atom is 0.433 e. The molecule has 0 aliphatic carbocycles. The number of methoxy groups -OCH3 is 1. The van der Waals surface area contributed by atoms with Gasteiger partial charge in [-0.05, 0) is 24.1 Å². The SMILES string of the molecule is COc1nn(C(C)C(=O)Nc2c(C(N)=O)sc3nc(C(F)(F)F)cc(-c4ccccc4)c23)cc1[N+](=O)[O-]. The average molecular weight is 534 g/mol. The van der Waals surface area contributed by atoms with Crippen LogP contribution in [0, 0.1) is 10.1 Å². The molecule has 0 fully saturated rings. The molecule has 37 heavy (non-hydrogen) atoms. The van der Waals surface area contributed by atoms with Crippen LogP contribution in [0.15, 0.2) is 42.6 Å². The van der Waals surface area contributed by atoms with Crippen molar-refractivity contribution in [1.29, 1.82) is 0 Å². The minimum atomic E-state index is -4.78. The van der Waals surface area contributed by atoms with E-state index < -0.39 is 40.3 Å². The molecule has 4 aromatic rings. The topological polar surface area (TPSA) is 155 Å². The number of nitrogens with one attached hydrogen (secondary N) is 1. The van der Waals surface area contributed by atoms with E-state index in [-0.39, 0.29) is 32.2 Å². The number of hydrogen-bond acceptors (Lipinski definition) is 8. The molecule has 0 aliphatic rings. The fourth-order valence-electron chi connectivity index (χ4n) is 3.56. The van der Waals surface area contributed by atoms with E-state index in [0.717, 1.165) is 16.9 Å². The molecular formula is C22H17F3N6O5S. The standard InChI is InChI=1S/C22H17F3N6O5S/c1-10(30-9-13(31(34)35)20(29-30)36-2)19(33)28-16-15-12(11-6-4-3-5-7-11)8-14(22(23,24)25)27-21(15)37-17(16)18(26)32/h3-10H,1-2H3,(H2,26,32)(H,28,33). The van der Waals surface area contributed by atoms with Gasteiger partial charge in [-0.1, -0.05) is 30.3 Å². The highest BCUT2D eigenvalue weighted by Gasteiger charge is 2.35. The van der Waals surface area contributed by atoms with E-state index in [1.165, 1.54) is 14.0 Å². The van der Waals surface area contributed by atoms with Gasteiger partial charge in [0.15, 0.2) is 0 Å². The zero-order valence-corrected chi connectivity index (χ0v) is 19.9. The maximum atomic E-state index is 13.6. The Hall–Kier alpha value is -4.53. The van der Waals surface area contributed by atoms with Gasteiger partial charge in [0.25, 0.3) is 5.91 Å². The Morgan fingerprint density at radius 2 is 1.95 bits per heavy atom. The minimum Gasteiger partial charge on any atom is -0.475 e. The van der Waals surface area contributed by atoms with E-state index in [4.69, 9.17) is 10.5 Å². The van der Waals surface area contributed by atoms with Gasteiger partial charge in [-0.3, -0.25) is 19.7 Å². The molecule has 1 atom stereocenters. The average Bonchev–Trinajstić information content (AvgIpc) is 3.45. The summed E-state index contributed by atoms with van der Waals surface area (Å²) >= 11 is 0.603. The molecule has 0 saturated carbocycles. The first-order valence-electron chi connectivity index (χ1n) is 10.4. The number of nitro groups is 1. The van der Waals surface area contributed by atoms with Crippen LogP contribution in [0.5, 0.6) is 5.88 Å². The summed E-state index contributed by atoms with van der Waals surface area (Å²) in [6.07, 6.45) is -3.78. The van der Waals surface area contributed by atoms with Crippen LogP contribution >= 0.6 is 11.3 Å². The highest BCUT2D eigenvalue weighted by atomic mass is 32.1. The number of pyridine rings is 1. The van der Waals surface area contributed by atoms with Gasteiger partial charge in [0, 0.05) is 5.39 Å². The number of rotatable bonds is 7. The summed E-state index contributed by atoms with van der Waals surface area (Å²) in [5.74, 6) is -2.09. The summed E-state index contributed by atoms with van der Waals surface area (Å²) in [7, 11) is 1.17. The molecule has 2 amide bonds. The molecule has 3 heterocycles. The number of carbonyl (C=O) groups excluding carboxylic acids is 2. The van der Waals surface area contributed by atoms with Crippen LogP contribution < -0.4 is 15.8 Å². The lowest BCUT2D eigenvalue weighted by atomic mass is 10.0. The number of fused-ring (bicyclic) bond motifs is 1. The minimum absolute atomic E-state index is 0.0704. The monoisotopic (exact) mass is 534 g/mol. The number of halogens is 3. The lowest BCUT2D eigenvalue weighted by Crippen LogP contribution is -2.25. The lowest BCUT2D eigenvalue weighted by Gasteiger charge is -2.15. The van der Waals surface area contributed by atoms with E-state index >= 15 is 0 Å². The van der Waals surface area contributed by atoms with Gasteiger partial charge < -0.3 is 15.8 Å². The number of alkyl halides is 3. The Morgan fingerprint density at radius 1 is 1.27 bits per heavy atom. The van der Waals surface area contributed by atoms with E-state index in [0.29, 0.717) is 16.9 Å². The summed E-state index contributed by atoms with van der Waals surface area (Å²) in [6, 6.07) is 7.73. The van der Waals surface area contributed by atoms with Crippen LogP contribution in [0.4, 0.5) is 24.5 Å². The number of benzene rings is 1. The van der Waals surface area contributed by atoms with Crippen molar-refractivity contribution in [2.45, 2.75) is 19.1 Å². The highest BCUT2D eigenvalue weighted by molar-refractivity contribution is 7.21. The fourth-order valence-corrected chi connectivity index (χ4v) is 4.57. The molecule has 1 aromatic carbocycles. The Labute approximate surface area is 209 Å². The number of primary amides is 1. The summed E-state index contributed by atoms with van der Waals surface area (Å²) in [5, 5.41) is 17.7. The molecule has 4 rings (SSSR count). The number of anilines is 1. The van der Waals surface area contributed by atoms with Gasteiger partial charge in [-0.25, -0.2) is 9.67 Å². The number of ether oxygens (including phenoxy) is 1. The molecule has 0 aliphatic heterocycles. The van der Waals surface area contributed by atoms with Crippen molar-refractivity contribution in [3.63, 3.8) is 0 Å². The third-order valence-corrected chi connectivity index (χ3v) is 6.45. The second-order valence-corrected chi connectivity index (χ2v) is 8.69. The number of hydrogen-bond donors (Lipinski definition) is 2. The lowest BCUT2D eigenvalue weighted by molar-refractivity contribution is -0.385. The van der Waals surface area contributed by atoms with Crippen molar-refractivity contribution >= 4 is 44.7 Å². The summed E-state index contributed by atoms with van der Waals surface area (Å²) < 4.78 is 46.7. The van der Waals surface area contributed by atoms with E-state index in [9.17, 15) is 32.9 Å². The molecule has 0 bridgehead atoms. The summed E-state index contributed by atoms with van der Waals surface area (Å²) in [6.45, 7) is 1.38. The van der Waals surface area contributed by atoms with Crippen LogP contribution in [0.1, 0.15) is 28.3 Å². The quantitative estimate of drug-likeness (QED) is 0.263. The number of carbonyl (C=O) groups is 2. The zero-order chi connectivity index (χ0) is 27.1. The molecule has 0 radical (unpaired) electrons. The Morgan fingerprint density at radius 3 is 2.49 bits per heavy atom. The third kappa shape index (κ3) is 4.80. The van der Waals surface area contributed by atoms with Crippen LogP contribution in [0.3, 0.4) is 0 Å². The first kappa shape index (κ1) is 25.6. The number of nitrogens with zero attached hydrogens (tertiary/aromatic N) is 4. The van der Waals surface area contributed by atoms with Crippen molar-refractivity contribution in [2.24, 2.45) is 5.73 Å². The summed E-state index contributed by atoms with van der Waals surface area (Å²) in [5.41, 5.74) is 4.16. The third-order valence-electron chi connectivity index (χ3n) is 5.36. The van der Waals surface area contributed by atoms with Gasteiger partial charge in [0.05, 0.1) is 17.7 Å².